The topological polar surface area (TPSA) is 48.7 Å². The fourth-order valence-electron chi connectivity index (χ4n) is 3.56. The Morgan fingerprint density at radius 1 is 0.914 bits per heavy atom. The van der Waals surface area contributed by atoms with Gasteiger partial charge in [0.15, 0.2) is 34.6 Å². The van der Waals surface area contributed by atoms with Gasteiger partial charge in [-0.3, -0.25) is 4.79 Å². The molecule has 0 atom stereocenters. The predicted octanol–water partition coefficient (Wildman–Crippen LogP) is 6.87. The van der Waals surface area contributed by atoms with E-state index in [1.54, 1.807) is 13.8 Å². The molecule has 2 aromatic carbocycles. The van der Waals surface area contributed by atoms with Gasteiger partial charge in [0.1, 0.15) is 13.6 Å². The van der Waals surface area contributed by atoms with E-state index < -0.39 is 53.5 Å². The minimum atomic E-state index is -2.76. The van der Waals surface area contributed by atoms with Crippen LogP contribution in [0.2, 0.25) is 18.1 Å². The Morgan fingerprint density at radius 2 is 1.43 bits per heavy atom. The van der Waals surface area contributed by atoms with Gasteiger partial charge in [0, 0.05) is 5.39 Å². The number of benzene rings is 2. The van der Waals surface area contributed by atoms with Crippen LogP contribution in [-0.4, -0.2) is 27.1 Å². The Bertz CT molecular complexity index is 1290. The van der Waals surface area contributed by atoms with Gasteiger partial charge in [-0.05, 0) is 31.0 Å². The fourth-order valence-corrected chi connectivity index (χ4v) is 5.47. The van der Waals surface area contributed by atoms with E-state index in [0.29, 0.717) is 0 Å². The van der Waals surface area contributed by atoms with E-state index in [2.05, 4.69) is 0 Å². The van der Waals surface area contributed by atoms with E-state index in [-0.39, 0.29) is 39.5 Å². The quantitative estimate of drug-likeness (QED) is 0.118. The summed E-state index contributed by atoms with van der Waals surface area (Å²) in [4.78, 5) is 13.6. The minimum absolute atomic E-state index is 0.0881. The highest BCUT2D eigenvalue weighted by Crippen LogP contribution is 2.43. The average Bonchev–Trinajstić information content (AvgIpc) is 3.16. The molecule has 10 heteroatoms. The van der Waals surface area contributed by atoms with Crippen molar-refractivity contribution in [1.82, 2.24) is 0 Å². The summed E-state index contributed by atoms with van der Waals surface area (Å²) in [7, 11) is -1.35. The zero-order valence-corrected chi connectivity index (χ0v) is 21.8. The predicted molar refractivity (Wildman–Crippen MR) is 125 cm³/mol. The normalized spacial score (nSPS) is 12.5. The minimum Gasteiger partial charge on any atom is -0.493 e. The first-order valence-electron chi connectivity index (χ1n) is 10.9. The highest BCUT2D eigenvalue weighted by Gasteiger charge is 2.45. The van der Waals surface area contributed by atoms with Crippen molar-refractivity contribution in [2.45, 2.75) is 58.9 Å². The second kappa shape index (κ2) is 8.96. The number of hydrogen-bond acceptors (Lipinski definition) is 4. The number of furan rings is 1. The van der Waals surface area contributed by atoms with Gasteiger partial charge in [-0.15, -0.1) is 0 Å². The van der Waals surface area contributed by atoms with Crippen LogP contribution in [0.3, 0.4) is 0 Å². The SMILES string of the molecule is COc1ccc2c(C(=O)c3c(F)c(F)c(F)c(F)c3F)c([Si](C)(C)C(C)(C)C)oc2c1OC(C)C. The first kappa shape index (κ1) is 26.7. The van der Waals surface area contributed by atoms with Crippen LogP contribution in [0.4, 0.5) is 22.0 Å². The number of methoxy groups -OCH3 is 1. The van der Waals surface area contributed by atoms with E-state index in [1.807, 2.05) is 33.9 Å². The van der Waals surface area contributed by atoms with Gasteiger partial charge >= 0.3 is 0 Å². The number of ether oxygens (including phenoxy) is 2. The maximum Gasteiger partial charge on any atom is 0.205 e. The Hall–Kier alpha value is -2.88. The van der Waals surface area contributed by atoms with Crippen molar-refractivity contribution in [2.24, 2.45) is 0 Å². The molecule has 0 spiro atoms. The van der Waals surface area contributed by atoms with Gasteiger partial charge < -0.3 is 13.9 Å². The van der Waals surface area contributed by atoms with Crippen molar-refractivity contribution in [1.29, 1.82) is 0 Å². The maximum atomic E-state index is 14.7. The maximum absolute atomic E-state index is 14.7. The number of fused-ring (bicyclic) bond motifs is 1. The summed E-state index contributed by atoms with van der Waals surface area (Å²) >= 11 is 0. The van der Waals surface area contributed by atoms with Gasteiger partial charge in [-0.25, -0.2) is 22.0 Å². The van der Waals surface area contributed by atoms with Crippen LogP contribution in [0.25, 0.3) is 11.0 Å². The van der Waals surface area contributed by atoms with Crippen molar-refractivity contribution >= 4 is 30.2 Å². The molecule has 0 unspecified atom stereocenters. The number of halogens is 5. The molecule has 0 N–H and O–H groups in total. The Labute approximate surface area is 201 Å². The Morgan fingerprint density at radius 3 is 1.89 bits per heavy atom. The molecule has 0 aliphatic rings. The third-order valence-corrected chi connectivity index (χ3v) is 11.7. The number of ketones is 1. The molecule has 1 heterocycles. The second-order valence-electron chi connectivity index (χ2n) is 10.1. The third kappa shape index (κ3) is 4.21. The summed E-state index contributed by atoms with van der Waals surface area (Å²) in [5, 5.41) is -0.152. The van der Waals surface area contributed by atoms with Crippen LogP contribution in [0.15, 0.2) is 16.5 Å². The molecule has 0 bridgehead atoms. The Balaban J connectivity index is 2.50. The van der Waals surface area contributed by atoms with Gasteiger partial charge in [-0.1, -0.05) is 33.9 Å². The molecule has 0 fully saturated rings. The molecule has 0 aliphatic carbocycles. The first-order chi connectivity index (χ1) is 16.1. The van der Waals surface area contributed by atoms with Crippen LogP contribution in [-0.2, 0) is 0 Å². The van der Waals surface area contributed by atoms with Crippen molar-refractivity contribution in [3.8, 4) is 11.5 Å². The number of carbonyl (C=O) groups is 1. The summed E-state index contributed by atoms with van der Waals surface area (Å²) < 4.78 is 88.4. The highest BCUT2D eigenvalue weighted by molar-refractivity contribution is 6.92. The van der Waals surface area contributed by atoms with Gasteiger partial charge in [0.25, 0.3) is 0 Å². The average molecular weight is 515 g/mol. The van der Waals surface area contributed by atoms with E-state index in [9.17, 15) is 26.7 Å². The van der Waals surface area contributed by atoms with Crippen LogP contribution < -0.4 is 14.9 Å². The van der Waals surface area contributed by atoms with Crippen molar-refractivity contribution in [3.05, 3.63) is 52.3 Å². The van der Waals surface area contributed by atoms with Crippen molar-refractivity contribution in [2.75, 3.05) is 7.11 Å². The van der Waals surface area contributed by atoms with E-state index in [0.717, 1.165) is 0 Å². The molecular weight excluding hydrogens is 487 g/mol. The molecule has 0 amide bonds. The molecule has 0 saturated carbocycles. The lowest BCUT2D eigenvalue weighted by atomic mass is 10.0. The summed E-state index contributed by atoms with van der Waals surface area (Å²) in [5.74, 6) is -12.0. The molecule has 4 nitrogen and oxygen atoms in total. The standard InChI is InChI=1S/C25H27F5O4Si/c1-11(2)33-23-13(32-6)10-9-12-14(24(34-22(12)23)35(7,8)25(3,4)5)21(31)15-16(26)18(28)20(30)19(29)17(15)27/h9-11H,1-8H3. The highest BCUT2D eigenvalue weighted by atomic mass is 28.3. The molecule has 190 valence electrons. The van der Waals surface area contributed by atoms with Crippen molar-refractivity contribution < 1.29 is 40.6 Å². The Kier molecular flexibility index (Phi) is 6.84. The van der Waals surface area contributed by atoms with Crippen LogP contribution in [0, 0.1) is 29.1 Å². The summed E-state index contributed by atoms with van der Waals surface area (Å²) in [5.41, 5.74) is -1.71. The lowest BCUT2D eigenvalue weighted by Gasteiger charge is -2.35. The first-order valence-corrected chi connectivity index (χ1v) is 13.9. The van der Waals surface area contributed by atoms with Gasteiger partial charge in [0.2, 0.25) is 17.3 Å². The largest absolute Gasteiger partial charge is 0.493 e. The molecule has 0 saturated heterocycles. The zero-order valence-electron chi connectivity index (χ0n) is 20.8. The molecule has 35 heavy (non-hydrogen) atoms. The summed E-state index contributed by atoms with van der Waals surface area (Å²) in [6.45, 7) is 13.1. The zero-order chi connectivity index (χ0) is 26.6. The van der Waals surface area contributed by atoms with Crippen LogP contribution >= 0.6 is 0 Å². The lowest BCUT2D eigenvalue weighted by molar-refractivity contribution is 0.103. The molecular formula is C25H27F5O4Si. The molecule has 3 rings (SSSR count). The van der Waals surface area contributed by atoms with Gasteiger partial charge in [-0.2, -0.15) is 0 Å². The van der Waals surface area contributed by atoms with Crippen LogP contribution in [0.5, 0.6) is 11.5 Å². The van der Waals surface area contributed by atoms with E-state index in [1.165, 1.54) is 19.2 Å². The molecule has 0 aliphatic heterocycles. The lowest BCUT2D eigenvalue weighted by Crippen LogP contribution is -2.50. The number of carbonyl (C=O) groups excluding carboxylic acids is 1. The van der Waals surface area contributed by atoms with Crippen LogP contribution in [0.1, 0.15) is 50.5 Å². The fraction of sp³-hybridized carbons (Fsp3) is 0.400. The number of rotatable bonds is 6. The monoisotopic (exact) mass is 514 g/mol. The van der Waals surface area contributed by atoms with E-state index >= 15 is 0 Å². The van der Waals surface area contributed by atoms with E-state index in [4.69, 9.17) is 13.9 Å². The summed E-state index contributed by atoms with van der Waals surface area (Å²) in [6, 6.07) is 2.93. The molecule has 3 aromatic rings. The second-order valence-corrected chi connectivity index (χ2v) is 15.3. The molecule has 0 radical (unpaired) electrons. The molecule has 1 aromatic heterocycles. The van der Waals surface area contributed by atoms with Gasteiger partial charge in [0.05, 0.1) is 24.2 Å². The number of hydrogen-bond donors (Lipinski definition) is 0. The van der Waals surface area contributed by atoms with Crippen molar-refractivity contribution in [3.63, 3.8) is 0 Å². The smallest absolute Gasteiger partial charge is 0.205 e. The summed E-state index contributed by atoms with van der Waals surface area (Å²) in [6.07, 6.45) is -0.328. The third-order valence-electron chi connectivity index (χ3n) is 6.46.